The summed E-state index contributed by atoms with van der Waals surface area (Å²) in [6.07, 6.45) is 0. The maximum atomic E-state index is 12.4. The first-order chi connectivity index (χ1) is 10.0. The summed E-state index contributed by atoms with van der Waals surface area (Å²) in [6, 6.07) is 7.59. The number of piperazine rings is 1. The minimum atomic E-state index is -3.74. The Kier molecular flexibility index (Phi) is 5.29. The fourth-order valence-electron chi connectivity index (χ4n) is 2.12. The molecule has 1 atom stereocenters. The molecule has 1 saturated heterocycles. The van der Waals surface area contributed by atoms with Crippen molar-refractivity contribution in [2.45, 2.75) is 6.04 Å². The van der Waals surface area contributed by atoms with Crippen LogP contribution in [-0.2, 0) is 19.7 Å². The lowest BCUT2D eigenvalue weighted by Gasteiger charge is -2.28. The van der Waals surface area contributed by atoms with E-state index in [2.05, 4.69) is 10.0 Å². The highest BCUT2D eigenvalue weighted by Crippen LogP contribution is 2.16. The molecule has 1 unspecified atom stereocenters. The van der Waals surface area contributed by atoms with Gasteiger partial charge in [0.1, 0.15) is 6.04 Å². The van der Waals surface area contributed by atoms with Crippen molar-refractivity contribution in [2.75, 3.05) is 33.3 Å². The highest BCUT2D eigenvalue weighted by molar-refractivity contribution is 7.87. The van der Waals surface area contributed by atoms with E-state index in [0.717, 1.165) is 0 Å². The van der Waals surface area contributed by atoms with Crippen LogP contribution in [0.3, 0.4) is 0 Å². The van der Waals surface area contributed by atoms with Gasteiger partial charge in [-0.15, -0.1) is 0 Å². The molecule has 0 radical (unpaired) electrons. The Morgan fingerprint density at radius 1 is 1.29 bits per heavy atom. The average molecular weight is 313 g/mol. The van der Waals surface area contributed by atoms with E-state index in [-0.39, 0.29) is 0 Å². The van der Waals surface area contributed by atoms with Crippen LogP contribution in [0.4, 0.5) is 0 Å². The zero-order valence-corrected chi connectivity index (χ0v) is 12.6. The molecular formula is C13H19N3O4S. The molecule has 0 saturated carbocycles. The van der Waals surface area contributed by atoms with Crippen LogP contribution in [0.2, 0.25) is 0 Å². The predicted molar refractivity (Wildman–Crippen MR) is 77.7 cm³/mol. The second kappa shape index (κ2) is 6.99. The summed E-state index contributed by atoms with van der Waals surface area (Å²) in [5, 5.41) is 3.08. The minimum Gasteiger partial charge on any atom is -0.468 e. The lowest BCUT2D eigenvalue weighted by Crippen LogP contribution is -2.51. The quantitative estimate of drug-likeness (QED) is 0.725. The van der Waals surface area contributed by atoms with Crippen molar-refractivity contribution in [3.05, 3.63) is 35.9 Å². The smallest absolute Gasteiger partial charge is 0.328 e. The number of carbonyl (C=O) groups excluding carboxylic acids is 1. The zero-order valence-electron chi connectivity index (χ0n) is 11.8. The summed E-state index contributed by atoms with van der Waals surface area (Å²) >= 11 is 0. The molecular weight excluding hydrogens is 294 g/mol. The van der Waals surface area contributed by atoms with Crippen LogP contribution >= 0.6 is 0 Å². The Labute approximate surface area is 124 Å². The van der Waals surface area contributed by atoms with E-state index in [1.807, 2.05) is 0 Å². The maximum absolute atomic E-state index is 12.4. The molecule has 1 aromatic carbocycles. The molecule has 7 nitrogen and oxygen atoms in total. The number of carbonyl (C=O) groups is 1. The number of nitrogens with zero attached hydrogens (tertiary/aromatic N) is 1. The van der Waals surface area contributed by atoms with E-state index >= 15 is 0 Å². The van der Waals surface area contributed by atoms with Gasteiger partial charge in [-0.25, -0.2) is 4.79 Å². The summed E-state index contributed by atoms with van der Waals surface area (Å²) in [5.74, 6) is -0.639. The van der Waals surface area contributed by atoms with Gasteiger partial charge in [-0.2, -0.15) is 17.4 Å². The third kappa shape index (κ3) is 4.01. The summed E-state index contributed by atoms with van der Waals surface area (Å²) in [4.78, 5) is 11.9. The van der Waals surface area contributed by atoms with Gasteiger partial charge < -0.3 is 10.1 Å². The van der Waals surface area contributed by atoms with Crippen LogP contribution in [0.15, 0.2) is 30.3 Å². The van der Waals surface area contributed by atoms with Crippen LogP contribution in [0.1, 0.15) is 11.6 Å². The number of hydrogen-bond acceptors (Lipinski definition) is 5. The standard InChI is InChI=1S/C13H19N3O4S/c1-20-13(17)12(11-5-3-2-4-6-11)15-21(18,19)16-9-7-14-8-10-16/h2-6,12,14-15H,7-10H2,1H3. The predicted octanol–water partition coefficient (Wildman–Crippen LogP) is -0.360. The second-order valence-corrected chi connectivity index (χ2v) is 6.34. The van der Waals surface area contributed by atoms with Crippen molar-refractivity contribution in [2.24, 2.45) is 0 Å². The van der Waals surface area contributed by atoms with Gasteiger partial charge in [0, 0.05) is 26.2 Å². The minimum absolute atomic E-state index is 0.373. The molecule has 2 N–H and O–H groups in total. The molecule has 0 amide bonds. The van der Waals surface area contributed by atoms with E-state index in [4.69, 9.17) is 4.74 Å². The molecule has 1 aromatic rings. The fourth-order valence-corrected chi connectivity index (χ4v) is 3.47. The third-order valence-corrected chi connectivity index (χ3v) is 4.83. The van der Waals surface area contributed by atoms with Crippen LogP contribution in [0.5, 0.6) is 0 Å². The van der Waals surface area contributed by atoms with Gasteiger partial charge in [-0.05, 0) is 5.56 Å². The molecule has 1 aliphatic heterocycles. The van der Waals surface area contributed by atoms with Crippen molar-refractivity contribution >= 4 is 16.2 Å². The second-order valence-electron chi connectivity index (χ2n) is 4.64. The first kappa shape index (κ1) is 15.9. The number of benzene rings is 1. The lowest BCUT2D eigenvalue weighted by atomic mass is 10.1. The summed E-state index contributed by atoms with van der Waals surface area (Å²) < 4.78 is 33.2. The highest BCUT2D eigenvalue weighted by atomic mass is 32.2. The zero-order chi connectivity index (χ0) is 15.3. The molecule has 0 bridgehead atoms. The van der Waals surface area contributed by atoms with Gasteiger partial charge in [0.2, 0.25) is 0 Å². The molecule has 8 heteroatoms. The first-order valence-electron chi connectivity index (χ1n) is 6.65. The first-order valence-corrected chi connectivity index (χ1v) is 8.09. The lowest BCUT2D eigenvalue weighted by molar-refractivity contribution is -0.142. The number of nitrogens with one attached hydrogen (secondary N) is 2. The summed E-state index contributed by atoms with van der Waals surface area (Å²) in [6.45, 7) is 1.93. The SMILES string of the molecule is COC(=O)C(NS(=O)(=O)N1CCNCC1)c1ccccc1. The van der Waals surface area contributed by atoms with Gasteiger partial charge in [-0.1, -0.05) is 30.3 Å². The highest BCUT2D eigenvalue weighted by Gasteiger charge is 2.31. The van der Waals surface area contributed by atoms with Crippen LogP contribution in [0, 0.1) is 0 Å². The number of methoxy groups -OCH3 is 1. The van der Waals surface area contributed by atoms with Gasteiger partial charge in [0.05, 0.1) is 7.11 Å². The summed E-state index contributed by atoms with van der Waals surface area (Å²) in [5.41, 5.74) is 0.544. The van der Waals surface area contributed by atoms with E-state index in [1.54, 1.807) is 30.3 Å². The van der Waals surface area contributed by atoms with E-state index in [9.17, 15) is 13.2 Å². The molecule has 0 spiro atoms. The maximum Gasteiger partial charge on any atom is 0.328 e. The molecule has 1 heterocycles. The molecule has 1 aliphatic rings. The van der Waals surface area contributed by atoms with Gasteiger partial charge in [0.25, 0.3) is 10.2 Å². The topological polar surface area (TPSA) is 87.7 Å². The van der Waals surface area contributed by atoms with E-state index in [0.29, 0.717) is 31.7 Å². The third-order valence-electron chi connectivity index (χ3n) is 3.25. The van der Waals surface area contributed by atoms with Crippen molar-refractivity contribution in [1.82, 2.24) is 14.3 Å². The van der Waals surface area contributed by atoms with Gasteiger partial charge in [0.15, 0.2) is 0 Å². The van der Waals surface area contributed by atoms with Crippen LogP contribution in [-0.4, -0.2) is 52.0 Å². The fraction of sp³-hybridized carbons (Fsp3) is 0.462. The Hall–Kier alpha value is -1.48. The van der Waals surface area contributed by atoms with E-state index < -0.39 is 22.2 Å². The van der Waals surface area contributed by atoms with Crippen LogP contribution in [0.25, 0.3) is 0 Å². The Morgan fingerprint density at radius 2 is 1.90 bits per heavy atom. The molecule has 21 heavy (non-hydrogen) atoms. The van der Waals surface area contributed by atoms with Gasteiger partial charge >= 0.3 is 5.97 Å². The van der Waals surface area contributed by atoms with Crippen LogP contribution < -0.4 is 10.0 Å². The van der Waals surface area contributed by atoms with Crippen molar-refractivity contribution in [3.63, 3.8) is 0 Å². The van der Waals surface area contributed by atoms with Crippen molar-refractivity contribution in [1.29, 1.82) is 0 Å². The van der Waals surface area contributed by atoms with Crippen molar-refractivity contribution in [3.8, 4) is 0 Å². The van der Waals surface area contributed by atoms with Crippen molar-refractivity contribution < 1.29 is 17.9 Å². The van der Waals surface area contributed by atoms with Gasteiger partial charge in [-0.3, -0.25) is 0 Å². The number of esters is 1. The average Bonchev–Trinajstić information content (AvgIpc) is 2.53. The Balaban J connectivity index is 2.20. The molecule has 0 aromatic heterocycles. The van der Waals surface area contributed by atoms with E-state index in [1.165, 1.54) is 11.4 Å². The molecule has 0 aliphatic carbocycles. The number of ether oxygens (including phenoxy) is 1. The largest absolute Gasteiger partial charge is 0.468 e. The Bertz CT molecular complexity index is 570. The monoisotopic (exact) mass is 313 g/mol. The molecule has 2 rings (SSSR count). The number of hydrogen-bond donors (Lipinski definition) is 2. The molecule has 116 valence electrons. The number of rotatable bonds is 5. The summed E-state index contributed by atoms with van der Waals surface area (Å²) in [7, 11) is -2.51. The molecule has 1 fully saturated rings. The Morgan fingerprint density at radius 3 is 2.48 bits per heavy atom. The normalized spacial score (nSPS) is 18.1.